The summed E-state index contributed by atoms with van der Waals surface area (Å²) in [7, 11) is -1.12. The minimum Gasteiger partial charge on any atom is -0.495 e. The third kappa shape index (κ3) is 4.60. The van der Waals surface area contributed by atoms with Crippen LogP contribution in [0.3, 0.4) is 0 Å². The van der Waals surface area contributed by atoms with Crippen molar-refractivity contribution < 1.29 is 31.8 Å². The number of esters is 1. The first-order chi connectivity index (χ1) is 13.3. The molecule has 2 aromatic carbocycles. The van der Waals surface area contributed by atoms with Crippen LogP contribution in [0.15, 0.2) is 41.3 Å². The van der Waals surface area contributed by atoms with E-state index in [-0.39, 0.29) is 34.6 Å². The van der Waals surface area contributed by atoms with Gasteiger partial charge in [0.2, 0.25) is 10.0 Å². The molecule has 1 N–H and O–H groups in total. The highest BCUT2D eigenvalue weighted by Gasteiger charge is 2.30. The van der Waals surface area contributed by atoms with E-state index in [0.717, 1.165) is 12.8 Å². The molecule has 0 unspecified atom stereocenters. The van der Waals surface area contributed by atoms with Gasteiger partial charge in [-0.1, -0.05) is 6.07 Å². The molecular weight excluding hydrogens is 389 g/mol. The van der Waals surface area contributed by atoms with Crippen LogP contribution in [0.25, 0.3) is 0 Å². The van der Waals surface area contributed by atoms with Gasteiger partial charge in [-0.3, -0.25) is 0 Å². The minimum absolute atomic E-state index is 0.0472. The van der Waals surface area contributed by atoms with Gasteiger partial charge in [0.05, 0.1) is 19.8 Å². The Bertz CT molecular complexity index is 988. The van der Waals surface area contributed by atoms with Crippen molar-refractivity contribution in [3.05, 3.63) is 53.3 Å². The summed E-state index contributed by atoms with van der Waals surface area (Å²) in [6.45, 7) is -0.172. The molecule has 3 rings (SSSR count). The second kappa shape index (κ2) is 8.15. The van der Waals surface area contributed by atoms with Crippen molar-refractivity contribution in [2.24, 2.45) is 0 Å². The normalized spacial score (nSPS) is 13.8. The molecule has 0 aromatic heterocycles. The lowest BCUT2D eigenvalue weighted by molar-refractivity contribution is 0.0472. The van der Waals surface area contributed by atoms with Gasteiger partial charge in [-0.15, -0.1) is 0 Å². The molecule has 1 aliphatic rings. The summed E-state index contributed by atoms with van der Waals surface area (Å²) in [5.41, 5.74) is 0.481. The summed E-state index contributed by atoms with van der Waals surface area (Å²) in [5, 5.41) is 0. The molecule has 1 aliphatic carbocycles. The zero-order chi connectivity index (χ0) is 20.3. The highest BCUT2D eigenvalue weighted by Crippen LogP contribution is 2.28. The van der Waals surface area contributed by atoms with Gasteiger partial charge in [0, 0.05) is 6.04 Å². The largest absolute Gasteiger partial charge is 0.495 e. The van der Waals surface area contributed by atoms with Gasteiger partial charge in [-0.2, -0.15) is 0 Å². The van der Waals surface area contributed by atoms with Crippen LogP contribution in [-0.4, -0.2) is 34.6 Å². The molecular formula is C19H20FNO6S. The van der Waals surface area contributed by atoms with Gasteiger partial charge in [-0.05, 0) is 48.7 Å². The second-order valence-electron chi connectivity index (χ2n) is 6.31. The number of hydrogen-bond acceptors (Lipinski definition) is 6. The maximum atomic E-state index is 13.7. The maximum Gasteiger partial charge on any atom is 0.338 e. The molecule has 0 spiro atoms. The highest BCUT2D eigenvalue weighted by molar-refractivity contribution is 7.89. The molecule has 0 radical (unpaired) electrons. The Balaban J connectivity index is 1.76. The molecule has 0 bridgehead atoms. The van der Waals surface area contributed by atoms with Gasteiger partial charge in [0.1, 0.15) is 17.3 Å². The van der Waals surface area contributed by atoms with Crippen LogP contribution < -0.4 is 14.2 Å². The molecule has 0 heterocycles. The Kier molecular flexibility index (Phi) is 5.85. The van der Waals surface area contributed by atoms with Crippen LogP contribution in [0, 0.1) is 5.82 Å². The number of halogens is 1. The Morgan fingerprint density at radius 3 is 2.39 bits per heavy atom. The number of sulfonamides is 1. The van der Waals surface area contributed by atoms with Crippen molar-refractivity contribution in [3.63, 3.8) is 0 Å². The van der Waals surface area contributed by atoms with E-state index in [1.807, 2.05) is 0 Å². The lowest BCUT2D eigenvalue weighted by atomic mass is 10.2. The summed E-state index contributed by atoms with van der Waals surface area (Å²) in [6, 6.07) is 8.13. The Hall–Kier alpha value is -2.65. The van der Waals surface area contributed by atoms with Crippen LogP contribution in [0.4, 0.5) is 4.39 Å². The van der Waals surface area contributed by atoms with E-state index in [1.165, 1.54) is 44.6 Å². The number of rotatable bonds is 8. The first kappa shape index (κ1) is 20.1. The van der Waals surface area contributed by atoms with Crippen molar-refractivity contribution in [2.75, 3.05) is 14.2 Å². The first-order valence-corrected chi connectivity index (χ1v) is 10.0. The van der Waals surface area contributed by atoms with Crippen LogP contribution in [0.2, 0.25) is 0 Å². The van der Waals surface area contributed by atoms with Crippen LogP contribution in [-0.2, 0) is 21.4 Å². The average Bonchev–Trinajstić information content (AvgIpc) is 3.49. The molecule has 0 aliphatic heterocycles. The Labute approximate surface area is 162 Å². The quantitative estimate of drug-likeness (QED) is 0.674. The molecule has 9 heteroatoms. The summed E-state index contributed by atoms with van der Waals surface area (Å²) >= 11 is 0. The number of hydrogen-bond donors (Lipinski definition) is 1. The number of benzene rings is 2. The van der Waals surface area contributed by atoms with E-state index in [1.54, 1.807) is 6.07 Å². The standard InChI is InChI=1S/C19H20FNO6S/c1-25-16-7-3-12(9-15(16)20)11-27-19(22)13-4-8-17(26-2)18(10-13)28(23,24)21-14-5-6-14/h3-4,7-10,14,21H,5-6,11H2,1-2H3. The van der Waals surface area contributed by atoms with Gasteiger partial charge in [0.15, 0.2) is 11.6 Å². The Morgan fingerprint density at radius 1 is 1.11 bits per heavy atom. The molecule has 0 amide bonds. The van der Waals surface area contributed by atoms with Crippen molar-refractivity contribution in [3.8, 4) is 11.5 Å². The van der Waals surface area contributed by atoms with E-state index in [4.69, 9.17) is 14.2 Å². The van der Waals surface area contributed by atoms with Crippen molar-refractivity contribution >= 4 is 16.0 Å². The average molecular weight is 409 g/mol. The zero-order valence-corrected chi connectivity index (χ0v) is 16.2. The molecule has 0 atom stereocenters. The smallest absolute Gasteiger partial charge is 0.338 e. The summed E-state index contributed by atoms with van der Waals surface area (Å²) < 4.78 is 56.4. The fraction of sp³-hybridized carbons (Fsp3) is 0.316. The molecule has 0 saturated heterocycles. The van der Waals surface area contributed by atoms with Gasteiger partial charge >= 0.3 is 5.97 Å². The van der Waals surface area contributed by atoms with Crippen LogP contribution in [0.5, 0.6) is 11.5 Å². The van der Waals surface area contributed by atoms with E-state index in [2.05, 4.69) is 4.72 Å². The summed E-state index contributed by atoms with van der Waals surface area (Å²) in [6.07, 6.45) is 1.56. The Morgan fingerprint density at radius 2 is 1.79 bits per heavy atom. The number of ether oxygens (including phenoxy) is 3. The van der Waals surface area contributed by atoms with Gasteiger partial charge in [0.25, 0.3) is 0 Å². The van der Waals surface area contributed by atoms with Crippen molar-refractivity contribution in [1.29, 1.82) is 0 Å². The predicted molar refractivity (Wildman–Crippen MR) is 98.4 cm³/mol. The highest BCUT2D eigenvalue weighted by atomic mass is 32.2. The minimum atomic E-state index is -3.82. The zero-order valence-electron chi connectivity index (χ0n) is 15.4. The van der Waals surface area contributed by atoms with Crippen molar-refractivity contribution in [2.45, 2.75) is 30.4 Å². The molecule has 1 saturated carbocycles. The van der Waals surface area contributed by atoms with E-state index >= 15 is 0 Å². The third-order valence-electron chi connectivity index (χ3n) is 4.17. The van der Waals surface area contributed by atoms with Crippen LogP contribution in [0.1, 0.15) is 28.8 Å². The number of nitrogens with one attached hydrogen (secondary N) is 1. The topological polar surface area (TPSA) is 90.9 Å². The van der Waals surface area contributed by atoms with Gasteiger partial charge in [-0.25, -0.2) is 22.3 Å². The fourth-order valence-electron chi connectivity index (χ4n) is 2.53. The summed E-state index contributed by atoms with van der Waals surface area (Å²) in [4.78, 5) is 12.2. The lowest BCUT2D eigenvalue weighted by Crippen LogP contribution is -2.26. The molecule has 7 nitrogen and oxygen atoms in total. The number of carbonyl (C=O) groups is 1. The monoisotopic (exact) mass is 409 g/mol. The van der Waals surface area contributed by atoms with E-state index in [0.29, 0.717) is 5.56 Å². The molecule has 28 heavy (non-hydrogen) atoms. The third-order valence-corrected chi connectivity index (χ3v) is 5.72. The number of carbonyl (C=O) groups excluding carboxylic acids is 1. The van der Waals surface area contributed by atoms with Gasteiger partial charge < -0.3 is 14.2 Å². The fourth-order valence-corrected chi connectivity index (χ4v) is 4.03. The second-order valence-corrected chi connectivity index (χ2v) is 7.99. The maximum absolute atomic E-state index is 13.7. The molecule has 1 fully saturated rings. The van der Waals surface area contributed by atoms with E-state index in [9.17, 15) is 17.6 Å². The SMILES string of the molecule is COc1ccc(COC(=O)c2ccc(OC)c(S(=O)(=O)NC3CC3)c2)cc1F. The molecule has 150 valence electrons. The summed E-state index contributed by atoms with van der Waals surface area (Å²) in [5.74, 6) is -1.09. The lowest BCUT2D eigenvalue weighted by Gasteiger charge is -2.12. The van der Waals surface area contributed by atoms with Crippen LogP contribution >= 0.6 is 0 Å². The molecule has 2 aromatic rings. The number of methoxy groups -OCH3 is 2. The van der Waals surface area contributed by atoms with Crippen molar-refractivity contribution in [1.82, 2.24) is 4.72 Å². The predicted octanol–water partition coefficient (Wildman–Crippen LogP) is 2.64. The van der Waals surface area contributed by atoms with E-state index < -0.39 is 21.8 Å². The first-order valence-electron chi connectivity index (χ1n) is 8.54.